The van der Waals surface area contributed by atoms with Gasteiger partial charge in [-0.05, 0) is 45.6 Å². The Bertz CT molecular complexity index is 257. The first-order valence-corrected chi connectivity index (χ1v) is 6.63. The maximum atomic E-state index is 6.17. The Labute approximate surface area is 97.4 Å². The van der Waals surface area contributed by atoms with Gasteiger partial charge in [0.1, 0.15) is 0 Å². The molecule has 0 saturated heterocycles. The number of rotatable bonds is 4. The second-order valence-corrected chi connectivity index (χ2v) is 5.70. The first-order valence-electron chi connectivity index (χ1n) is 4.46. The van der Waals surface area contributed by atoms with Crippen LogP contribution in [0, 0.1) is 5.92 Å². The molecule has 1 atom stereocenters. The molecule has 0 aromatic carbocycles. The molecular formula is C10H14BrClS. The number of alkyl halides is 1. The summed E-state index contributed by atoms with van der Waals surface area (Å²) in [4.78, 5) is 0. The lowest BCUT2D eigenvalue weighted by Crippen LogP contribution is -2.08. The Hall–Kier alpha value is 0.470. The average Bonchev–Trinajstić information content (AvgIpc) is 2.47. The fourth-order valence-corrected chi connectivity index (χ4v) is 2.76. The molecule has 1 rings (SSSR count). The lowest BCUT2D eigenvalue weighted by molar-refractivity contribution is 0.565. The summed E-state index contributed by atoms with van der Waals surface area (Å²) in [6, 6.07) is 0. The van der Waals surface area contributed by atoms with E-state index in [0.29, 0.717) is 11.3 Å². The van der Waals surface area contributed by atoms with E-state index in [9.17, 15) is 0 Å². The van der Waals surface area contributed by atoms with Gasteiger partial charge in [0, 0.05) is 15.2 Å². The Balaban J connectivity index is 2.39. The van der Waals surface area contributed by atoms with Crippen LogP contribution in [0.4, 0.5) is 0 Å². The number of hydrogen-bond acceptors (Lipinski definition) is 1. The fourth-order valence-electron chi connectivity index (χ4n) is 1.11. The monoisotopic (exact) mass is 280 g/mol. The van der Waals surface area contributed by atoms with Crippen LogP contribution in [0.5, 0.6) is 0 Å². The summed E-state index contributed by atoms with van der Waals surface area (Å²) in [5, 5.41) is 4.61. The maximum absolute atomic E-state index is 6.17. The first-order chi connectivity index (χ1) is 6.11. The third kappa shape index (κ3) is 3.61. The van der Waals surface area contributed by atoms with Crippen molar-refractivity contribution in [3.8, 4) is 0 Å². The Morgan fingerprint density at radius 1 is 1.46 bits per heavy atom. The van der Waals surface area contributed by atoms with Crippen LogP contribution >= 0.6 is 38.9 Å². The van der Waals surface area contributed by atoms with Crippen LogP contribution in [0.1, 0.15) is 25.8 Å². The van der Waals surface area contributed by atoms with Gasteiger partial charge >= 0.3 is 0 Å². The average molecular weight is 282 g/mol. The van der Waals surface area contributed by atoms with Crippen LogP contribution < -0.4 is 0 Å². The van der Waals surface area contributed by atoms with Gasteiger partial charge in [-0.1, -0.05) is 13.8 Å². The second-order valence-electron chi connectivity index (χ2n) is 3.54. The zero-order chi connectivity index (χ0) is 9.84. The molecule has 1 unspecified atom stereocenters. The highest BCUT2D eigenvalue weighted by molar-refractivity contribution is 9.10. The lowest BCUT2D eigenvalue weighted by Gasteiger charge is -2.12. The van der Waals surface area contributed by atoms with Crippen molar-refractivity contribution in [2.24, 2.45) is 5.92 Å². The summed E-state index contributed by atoms with van der Waals surface area (Å²) < 4.78 is 1.23. The third-order valence-corrected chi connectivity index (χ3v) is 4.66. The van der Waals surface area contributed by atoms with E-state index in [1.54, 1.807) is 11.3 Å². The molecule has 0 amide bonds. The van der Waals surface area contributed by atoms with Crippen LogP contribution in [0.25, 0.3) is 0 Å². The summed E-state index contributed by atoms with van der Waals surface area (Å²) in [5.74, 6) is 0.569. The second kappa shape index (κ2) is 5.38. The molecule has 13 heavy (non-hydrogen) atoms. The molecule has 0 nitrogen and oxygen atoms in total. The number of aryl methyl sites for hydroxylation is 1. The van der Waals surface area contributed by atoms with Gasteiger partial charge in [-0.2, -0.15) is 11.3 Å². The number of thiophene rings is 1. The van der Waals surface area contributed by atoms with Gasteiger partial charge in [-0.25, -0.2) is 0 Å². The first kappa shape index (κ1) is 11.5. The molecule has 1 aromatic rings. The third-order valence-electron chi connectivity index (χ3n) is 2.10. The van der Waals surface area contributed by atoms with Crippen molar-refractivity contribution in [1.29, 1.82) is 0 Å². The van der Waals surface area contributed by atoms with Crippen LogP contribution in [0.3, 0.4) is 0 Å². The van der Waals surface area contributed by atoms with Gasteiger partial charge < -0.3 is 0 Å². The van der Waals surface area contributed by atoms with E-state index >= 15 is 0 Å². The van der Waals surface area contributed by atoms with Gasteiger partial charge in [-0.15, -0.1) is 11.6 Å². The van der Waals surface area contributed by atoms with Gasteiger partial charge in [0.05, 0.1) is 0 Å². The minimum atomic E-state index is 0.298. The van der Waals surface area contributed by atoms with Crippen LogP contribution in [-0.4, -0.2) is 5.38 Å². The van der Waals surface area contributed by atoms with E-state index in [4.69, 9.17) is 11.6 Å². The summed E-state index contributed by atoms with van der Waals surface area (Å²) in [6.07, 6.45) is 2.14. The molecule has 0 aliphatic carbocycles. The quantitative estimate of drug-likeness (QED) is 0.701. The minimum absolute atomic E-state index is 0.298. The van der Waals surface area contributed by atoms with Crippen molar-refractivity contribution in [3.05, 3.63) is 20.8 Å². The minimum Gasteiger partial charge on any atom is -0.151 e. The van der Waals surface area contributed by atoms with Gasteiger partial charge in [-0.3, -0.25) is 0 Å². The van der Waals surface area contributed by atoms with Crippen molar-refractivity contribution in [3.63, 3.8) is 0 Å². The van der Waals surface area contributed by atoms with Crippen LogP contribution in [-0.2, 0) is 6.42 Å². The molecule has 0 fully saturated rings. The summed E-state index contributed by atoms with van der Waals surface area (Å²) in [5.41, 5.74) is 1.39. The topological polar surface area (TPSA) is 0 Å². The smallest absolute Gasteiger partial charge is 0.0362 e. The van der Waals surface area contributed by atoms with Crippen molar-refractivity contribution >= 4 is 38.9 Å². The largest absolute Gasteiger partial charge is 0.151 e. The van der Waals surface area contributed by atoms with Gasteiger partial charge in [0.2, 0.25) is 0 Å². The number of hydrogen-bond donors (Lipinski definition) is 0. The maximum Gasteiger partial charge on any atom is 0.0362 e. The molecule has 3 heteroatoms. The van der Waals surface area contributed by atoms with Crippen molar-refractivity contribution in [1.82, 2.24) is 0 Å². The molecule has 0 spiro atoms. The summed E-state index contributed by atoms with van der Waals surface area (Å²) >= 11 is 11.4. The zero-order valence-corrected chi connectivity index (χ0v) is 11.0. The molecule has 0 saturated carbocycles. The van der Waals surface area contributed by atoms with E-state index < -0.39 is 0 Å². The normalized spacial score (nSPS) is 13.6. The van der Waals surface area contributed by atoms with Crippen LogP contribution in [0.2, 0.25) is 0 Å². The highest BCUT2D eigenvalue weighted by Crippen LogP contribution is 2.25. The Morgan fingerprint density at radius 3 is 2.62 bits per heavy atom. The SMILES string of the molecule is CC(C)C(Cl)CCc1cscc1Br. The van der Waals surface area contributed by atoms with Crippen molar-refractivity contribution in [2.75, 3.05) is 0 Å². The Morgan fingerprint density at radius 2 is 2.15 bits per heavy atom. The van der Waals surface area contributed by atoms with E-state index in [0.717, 1.165) is 12.8 Å². The molecule has 1 aromatic heterocycles. The zero-order valence-electron chi connectivity index (χ0n) is 7.89. The van der Waals surface area contributed by atoms with E-state index in [2.05, 4.69) is 40.5 Å². The van der Waals surface area contributed by atoms with Crippen molar-refractivity contribution in [2.45, 2.75) is 32.1 Å². The van der Waals surface area contributed by atoms with Gasteiger partial charge in [0.15, 0.2) is 0 Å². The highest BCUT2D eigenvalue weighted by atomic mass is 79.9. The van der Waals surface area contributed by atoms with E-state index in [1.807, 2.05) is 0 Å². The lowest BCUT2D eigenvalue weighted by atomic mass is 10.0. The predicted octanol–water partition coefficient (Wildman–Crippen LogP) is 4.71. The summed E-state index contributed by atoms with van der Waals surface area (Å²) in [6.45, 7) is 4.33. The fraction of sp³-hybridized carbons (Fsp3) is 0.600. The Kier molecular flexibility index (Phi) is 4.77. The molecular weight excluding hydrogens is 268 g/mol. The number of halogens is 2. The molecule has 0 aliphatic rings. The molecule has 0 radical (unpaired) electrons. The molecule has 74 valence electrons. The van der Waals surface area contributed by atoms with Crippen molar-refractivity contribution < 1.29 is 0 Å². The standard InChI is InChI=1S/C10H14BrClS/c1-7(2)10(12)4-3-8-5-13-6-9(8)11/h5-7,10H,3-4H2,1-2H3. The predicted molar refractivity (Wildman–Crippen MR) is 64.8 cm³/mol. The highest BCUT2D eigenvalue weighted by Gasteiger charge is 2.10. The molecule has 0 bridgehead atoms. The molecule has 0 N–H and O–H groups in total. The summed E-state index contributed by atoms with van der Waals surface area (Å²) in [7, 11) is 0. The van der Waals surface area contributed by atoms with E-state index in [1.165, 1.54) is 10.0 Å². The van der Waals surface area contributed by atoms with E-state index in [-0.39, 0.29) is 0 Å². The molecule has 1 heterocycles. The van der Waals surface area contributed by atoms with Gasteiger partial charge in [0.25, 0.3) is 0 Å². The van der Waals surface area contributed by atoms with Crippen LogP contribution in [0.15, 0.2) is 15.2 Å². The molecule has 0 aliphatic heterocycles.